The third-order valence-electron chi connectivity index (χ3n) is 4.20. The first-order valence-corrected chi connectivity index (χ1v) is 9.88. The fraction of sp³-hybridized carbons (Fsp3) is 0.900. The Morgan fingerprint density at radius 3 is 1.61 bits per heavy atom. The van der Waals surface area contributed by atoms with Crippen molar-refractivity contribution < 1.29 is 14.3 Å². The fourth-order valence-electron chi connectivity index (χ4n) is 2.77. The van der Waals surface area contributed by atoms with Gasteiger partial charge in [-0.15, -0.1) is 0 Å². The van der Waals surface area contributed by atoms with Crippen molar-refractivity contribution in [3.05, 3.63) is 0 Å². The van der Waals surface area contributed by atoms with Gasteiger partial charge in [0.25, 0.3) is 0 Å². The Bertz CT molecular complexity index is 287. The minimum Gasteiger partial charge on any atom is -0.466 e. The van der Waals surface area contributed by atoms with Gasteiger partial charge in [-0.25, -0.2) is 0 Å². The van der Waals surface area contributed by atoms with Crippen molar-refractivity contribution in [1.29, 1.82) is 0 Å². The first kappa shape index (κ1) is 22.1. The average molecular weight is 327 g/mol. The molecule has 0 atom stereocenters. The van der Waals surface area contributed by atoms with Crippen LogP contribution in [0.5, 0.6) is 0 Å². The van der Waals surface area contributed by atoms with E-state index in [9.17, 15) is 9.59 Å². The Labute approximate surface area is 143 Å². The van der Waals surface area contributed by atoms with Crippen LogP contribution in [0.1, 0.15) is 110 Å². The number of unbranched alkanes of at least 4 members (excludes halogenated alkanes) is 10. The Kier molecular flexibility index (Phi) is 16.8. The van der Waals surface area contributed by atoms with Crippen LogP contribution in [-0.4, -0.2) is 18.4 Å². The summed E-state index contributed by atoms with van der Waals surface area (Å²) in [5.41, 5.74) is 0. The molecule has 0 aromatic carbocycles. The molecule has 0 saturated carbocycles. The van der Waals surface area contributed by atoms with Crippen molar-refractivity contribution in [2.75, 3.05) is 6.61 Å². The van der Waals surface area contributed by atoms with Gasteiger partial charge in [-0.3, -0.25) is 9.59 Å². The summed E-state index contributed by atoms with van der Waals surface area (Å²) in [6.07, 6.45) is 16.6. The molecule has 0 spiro atoms. The van der Waals surface area contributed by atoms with Gasteiger partial charge >= 0.3 is 5.97 Å². The van der Waals surface area contributed by atoms with Gasteiger partial charge in [0.2, 0.25) is 0 Å². The largest absolute Gasteiger partial charge is 0.466 e. The molecule has 0 heterocycles. The second-order valence-electron chi connectivity index (χ2n) is 6.48. The number of ether oxygens (including phenoxy) is 1. The molecule has 0 aliphatic rings. The van der Waals surface area contributed by atoms with Gasteiger partial charge in [0.1, 0.15) is 5.78 Å². The summed E-state index contributed by atoms with van der Waals surface area (Å²) in [6, 6.07) is 0. The van der Waals surface area contributed by atoms with Crippen LogP contribution in [0, 0.1) is 0 Å². The Morgan fingerprint density at radius 1 is 0.609 bits per heavy atom. The highest BCUT2D eigenvalue weighted by molar-refractivity contribution is 5.79. The smallest absolute Gasteiger partial charge is 0.305 e. The van der Waals surface area contributed by atoms with Crippen LogP contribution < -0.4 is 0 Å². The Hall–Kier alpha value is -0.860. The predicted octanol–water partition coefficient (Wildman–Crippen LogP) is 5.99. The summed E-state index contributed by atoms with van der Waals surface area (Å²) in [5, 5.41) is 0. The molecule has 0 aliphatic carbocycles. The van der Waals surface area contributed by atoms with Crippen molar-refractivity contribution >= 4 is 11.8 Å². The molecule has 0 unspecified atom stereocenters. The predicted molar refractivity (Wildman–Crippen MR) is 96.6 cm³/mol. The summed E-state index contributed by atoms with van der Waals surface area (Å²) in [5.74, 6) is 0.111. The van der Waals surface area contributed by atoms with Gasteiger partial charge in [0, 0.05) is 19.3 Å². The SMILES string of the molecule is CCCCCCCCCCCCCC(=O)CCCC(=O)OCC. The molecule has 0 bridgehead atoms. The third kappa shape index (κ3) is 17.3. The van der Waals surface area contributed by atoms with Crippen LogP contribution in [0.2, 0.25) is 0 Å². The van der Waals surface area contributed by atoms with Crippen LogP contribution in [-0.2, 0) is 14.3 Å². The molecule has 3 nitrogen and oxygen atoms in total. The number of rotatable bonds is 17. The molecule has 0 rings (SSSR count). The molecule has 0 amide bonds. The van der Waals surface area contributed by atoms with E-state index < -0.39 is 0 Å². The number of carbonyl (C=O) groups excluding carboxylic acids is 2. The van der Waals surface area contributed by atoms with Crippen LogP contribution in [0.15, 0.2) is 0 Å². The molecule has 0 radical (unpaired) electrons. The van der Waals surface area contributed by atoms with E-state index in [1.807, 2.05) is 0 Å². The standard InChI is InChI=1S/C20H38O3/c1-3-5-6-7-8-9-10-11-12-13-14-16-19(21)17-15-18-20(22)23-4-2/h3-18H2,1-2H3. The highest BCUT2D eigenvalue weighted by atomic mass is 16.5. The van der Waals surface area contributed by atoms with E-state index in [4.69, 9.17) is 4.74 Å². The number of carbonyl (C=O) groups is 2. The lowest BCUT2D eigenvalue weighted by molar-refractivity contribution is -0.143. The van der Waals surface area contributed by atoms with Gasteiger partial charge in [-0.05, 0) is 19.8 Å². The number of ketones is 1. The molecule has 0 fully saturated rings. The van der Waals surface area contributed by atoms with E-state index in [-0.39, 0.29) is 5.97 Å². The van der Waals surface area contributed by atoms with Gasteiger partial charge in [0.05, 0.1) is 6.61 Å². The molecule has 3 heteroatoms. The Balaban J connectivity index is 3.22. The summed E-state index contributed by atoms with van der Waals surface area (Å²) in [4.78, 5) is 22.8. The second-order valence-corrected chi connectivity index (χ2v) is 6.48. The van der Waals surface area contributed by atoms with Crippen molar-refractivity contribution in [1.82, 2.24) is 0 Å². The Morgan fingerprint density at radius 2 is 1.09 bits per heavy atom. The molecule has 0 aromatic rings. The molecule has 23 heavy (non-hydrogen) atoms. The minimum absolute atomic E-state index is 0.185. The van der Waals surface area contributed by atoms with Crippen molar-refractivity contribution in [2.45, 2.75) is 110 Å². The average Bonchev–Trinajstić information content (AvgIpc) is 2.53. The van der Waals surface area contributed by atoms with Gasteiger partial charge in [-0.1, -0.05) is 71.1 Å². The maximum Gasteiger partial charge on any atom is 0.305 e. The zero-order valence-corrected chi connectivity index (χ0v) is 15.5. The topological polar surface area (TPSA) is 43.4 Å². The zero-order valence-electron chi connectivity index (χ0n) is 15.5. The van der Waals surface area contributed by atoms with E-state index in [1.165, 1.54) is 64.2 Å². The first-order valence-electron chi connectivity index (χ1n) is 9.88. The van der Waals surface area contributed by atoms with Crippen molar-refractivity contribution in [3.63, 3.8) is 0 Å². The zero-order chi connectivity index (χ0) is 17.2. The van der Waals surface area contributed by atoms with Crippen molar-refractivity contribution in [3.8, 4) is 0 Å². The molecule has 136 valence electrons. The number of hydrogen-bond donors (Lipinski definition) is 0. The van der Waals surface area contributed by atoms with Gasteiger partial charge < -0.3 is 4.74 Å². The monoisotopic (exact) mass is 326 g/mol. The molecule has 0 saturated heterocycles. The lowest BCUT2D eigenvalue weighted by atomic mass is 10.0. The number of hydrogen-bond acceptors (Lipinski definition) is 3. The van der Waals surface area contributed by atoms with E-state index in [0.29, 0.717) is 38.1 Å². The molecule has 0 N–H and O–H groups in total. The van der Waals surface area contributed by atoms with E-state index >= 15 is 0 Å². The normalized spacial score (nSPS) is 10.7. The van der Waals surface area contributed by atoms with Crippen molar-refractivity contribution in [2.24, 2.45) is 0 Å². The van der Waals surface area contributed by atoms with Crippen LogP contribution in [0.3, 0.4) is 0 Å². The summed E-state index contributed by atoms with van der Waals surface area (Å²) >= 11 is 0. The highest BCUT2D eigenvalue weighted by Crippen LogP contribution is 2.12. The minimum atomic E-state index is -0.185. The maximum absolute atomic E-state index is 11.7. The second kappa shape index (κ2) is 17.5. The summed E-state index contributed by atoms with van der Waals surface area (Å²) in [7, 11) is 0. The summed E-state index contributed by atoms with van der Waals surface area (Å²) < 4.78 is 4.85. The molecule has 0 aromatic heterocycles. The van der Waals surface area contributed by atoms with E-state index in [2.05, 4.69) is 6.92 Å². The van der Waals surface area contributed by atoms with Crippen LogP contribution in [0.25, 0.3) is 0 Å². The fourth-order valence-corrected chi connectivity index (χ4v) is 2.77. The third-order valence-corrected chi connectivity index (χ3v) is 4.20. The van der Waals surface area contributed by atoms with E-state index in [1.54, 1.807) is 6.92 Å². The quantitative estimate of drug-likeness (QED) is 0.243. The first-order chi connectivity index (χ1) is 11.2. The lowest BCUT2D eigenvalue weighted by Gasteiger charge is -2.03. The van der Waals surface area contributed by atoms with Gasteiger partial charge in [0.15, 0.2) is 0 Å². The van der Waals surface area contributed by atoms with Crippen LogP contribution in [0.4, 0.5) is 0 Å². The van der Waals surface area contributed by atoms with E-state index in [0.717, 1.165) is 6.42 Å². The van der Waals surface area contributed by atoms with Crippen LogP contribution >= 0.6 is 0 Å². The molecular formula is C20H38O3. The van der Waals surface area contributed by atoms with Gasteiger partial charge in [-0.2, -0.15) is 0 Å². The maximum atomic E-state index is 11.7. The highest BCUT2D eigenvalue weighted by Gasteiger charge is 2.05. The molecular weight excluding hydrogens is 288 g/mol. The number of esters is 1. The lowest BCUT2D eigenvalue weighted by Crippen LogP contribution is -2.05. The number of Topliss-reactive ketones (excluding diaryl/α,β-unsaturated/α-hetero) is 1. The summed E-state index contributed by atoms with van der Waals surface area (Å²) in [6.45, 7) is 4.48. The molecule has 0 aliphatic heterocycles.